The van der Waals surface area contributed by atoms with E-state index < -0.39 is 17.3 Å². The van der Waals surface area contributed by atoms with Gasteiger partial charge in [-0.2, -0.15) is 0 Å². The van der Waals surface area contributed by atoms with E-state index in [-0.39, 0.29) is 48.6 Å². The Morgan fingerprint density at radius 3 is 2.00 bits per heavy atom. The minimum Gasteiger partial charge on any atom is -0.507 e. The Bertz CT molecular complexity index is 1090. The number of nitrogens with one attached hydrogen (secondary N) is 2. The molecule has 0 bridgehead atoms. The van der Waals surface area contributed by atoms with Crippen molar-refractivity contribution in [2.45, 2.75) is 0 Å². The molecule has 2 aromatic heterocycles. The van der Waals surface area contributed by atoms with Gasteiger partial charge in [0.05, 0.1) is 32.6 Å². The average molecular weight is 460 g/mol. The molecule has 4 N–H and O–H groups in total. The first-order valence-electron chi connectivity index (χ1n) is 7.59. The fraction of sp³-hybridized carbons (Fsp3) is 0. The molecular weight excluding hydrogens is 450 g/mol. The van der Waals surface area contributed by atoms with E-state index in [1.807, 2.05) is 0 Å². The average Bonchev–Trinajstić information content (AvgIpc) is 3.16. The smallest absolute Gasteiger partial charge is 0.213 e. The van der Waals surface area contributed by atoms with Gasteiger partial charge in [0.25, 0.3) is 0 Å². The lowest BCUT2D eigenvalue weighted by Gasteiger charge is -2.08. The molecule has 2 heterocycles. The van der Waals surface area contributed by atoms with Gasteiger partial charge in [-0.05, 0) is 36.4 Å². The molecule has 6 nitrogen and oxygen atoms in total. The number of aromatic hydroxyl groups is 2. The highest BCUT2D eigenvalue weighted by Gasteiger charge is 2.20. The lowest BCUT2D eigenvalue weighted by atomic mass is 10.0. The molecular formula is C18H10Cl4N2O4. The maximum absolute atomic E-state index is 12.6. The number of H-pyrrole nitrogens is 2. The van der Waals surface area contributed by atoms with Crippen LogP contribution in [0.4, 0.5) is 0 Å². The lowest BCUT2D eigenvalue weighted by Crippen LogP contribution is -2.03. The number of hydrogen-bond donors (Lipinski definition) is 4. The van der Waals surface area contributed by atoms with Crippen molar-refractivity contribution < 1.29 is 19.8 Å². The molecule has 0 saturated carbocycles. The number of carbonyl (C=O) groups excluding carboxylic acids is 2. The van der Waals surface area contributed by atoms with Crippen LogP contribution in [0.15, 0.2) is 30.3 Å². The summed E-state index contributed by atoms with van der Waals surface area (Å²) in [4.78, 5) is 30.0. The second-order valence-corrected chi connectivity index (χ2v) is 7.18. The first kappa shape index (κ1) is 20.4. The summed E-state index contributed by atoms with van der Waals surface area (Å²) in [5.74, 6) is -1.95. The van der Waals surface area contributed by atoms with Crippen molar-refractivity contribution in [3.8, 4) is 11.5 Å². The van der Waals surface area contributed by atoms with Crippen LogP contribution in [-0.2, 0) is 0 Å². The number of carbonyl (C=O) groups is 2. The van der Waals surface area contributed by atoms with Gasteiger partial charge in [-0.1, -0.05) is 46.4 Å². The molecule has 0 amide bonds. The summed E-state index contributed by atoms with van der Waals surface area (Å²) in [6, 6.07) is 5.11. The zero-order valence-electron chi connectivity index (χ0n) is 13.7. The molecule has 10 heteroatoms. The highest BCUT2D eigenvalue weighted by atomic mass is 35.5. The summed E-state index contributed by atoms with van der Waals surface area (Å²) in [5.41, 5.74) is -0.0667. The van der Waals surface area contributed by atoms with Crippen LogP contribution >= 0.6 is 46.4 Å². The first-order valence-corrected chi connectivity index (χ1v) is 9.10. The molecule has 1 aromatic carbocycles. The maximum atomic E-state index is 12.6. The van der Waals surface area contributed by atoms with Crippen molar-refractivity contribution in [3.05, 3.63) is 73.2 Å². The predicted octanol–water partition coefficient (Wildman–Crippen LogP) is 5.49. The van der Waals surface area contributed by atoms with Crippen LogP contribution < -0.4 is 0 Å². The van der Waals surface area contributed by atoms with E-state index >= 15 is 0 Å². The minimum absolute atomic E-state index is 0.0534. The summed E-state index contributed by atoms with van der Waals surface area (Å²) in [6.07, 6.45) is 2.25. The van der Waals surface area contributed by atoms with Gasteiger partial charge in [0.2, 0.25) is 11.6 Å². The Hall–Kier alpha value is -2.38. The van der Waals surface area contributed by atoms with E-state index in [1.54, 1.807) is 0 Å². The molecule has 0 atom stereocenters. The van der Waals surface area contributed by atoms with Gasteiger partial charge in [0.15, 0.2) is 0 Å². The second kappa shape index (κ2) is 7.93. The molecule has 0 aliphatic carbocycles. The van der Waals surface area contributed by atoms with Gasteiger partial charge < -0.3 is 20.2 Å². The van der Waals surface area contributed by atoms with Crippen LogP contribution in [0.2, 0.25) is 20.4 Å². The molecule has 0 unspecified atom stereocenters. The first-order chi connectivity index (χ1) is 13.2. The van der Waals surface area contributed by atoms with E-state index in [2.05, 4.69) is 9.97 Å². The maximum Gasteiger partial charge on any atom is 0.213 e. The van der Waals surface area contributed by atoms with Crippen LogP contribution in [0.5, 0.6) is 11.5 Å². The molecule has 0 fully saturated rings. The fourth-order valence-corrected chi connectivity index (χ4v) is 3.03. The third-order valence-corrected chi connectivity index (χ3v) is 5.19. The van der Waals surface area contributed by atoms with Crippen molar-refractivity contribution in [1.82, 2.24) is 9.97 Å². The number of phenolic OH excluding ortho intramolecular Hbond substituents is 2. The molecule has 0 spiro atoms. The molecule has 0 saturated heterocycles. The third kappa shape index (κ3) is 3.91. The summed E-state index contributed by atoms with van der Waals surface area (Å²) in [6.45, 7) is 0. The molecule has 0 aliphatic rings. The van der Waals surface area contributed by atoms with Gasteiger partial charge >= 0.3 is 0 Å². The SMILES string of the molecule is O=C(/C=C/c1c(O)ccc(C(=O)c2cc(Cl)c(Cl)[nH]2)c1O)c1cc(Cl)c(Cl)[nH]1. The zero-order valence-corrected chi connectivity index (χ0v) is 16.7. The van der Waals surface area contributed by atoms with E-state index in [0.29, 0.717) is 0 Å². The van der Waals surface area contributed by atoms with Gasteiger partial charge in [-0.25, -0.2) is 0 Å². The number of halogens is 4. The van der Waals surface area contributed by atoms with Crippen LogP contribution in [-0.4, -0.2) is 31.7 Å². The summed E-state index contributed by atoms with van der Waals surface area (Å²) in [5, 5.41) is 21.0. The van der Waals surface area contributed by atoms with Crippen LogP contribution in [0.25, 0.3) is 6.08 Å². The largest absolute Gasteiger partial charge is 0.507 e. The lowest BCUT2D eigenvalue weighted by molar-refractivity contribution is 0.102. The number of rotatable bonds is 5. The van der Waals surface area contributed by atoms with E-state index in [9.17, 15) is 19.8 Å². The Morgan fingerprint density at radius 1 is 0.893 bits per heavy atom. The van der Waals surface area contributed by atoms with Crippen molar-refractivity contribution in [2.24, 2.45) is 0 Å². The number of ketones is 2. The predicted molar refractivity (Wildman–Crippen MR) is 108 cm³/mol. The van der Waals surface area contributed by atoms with E-state index in [1.165, 1.54) is 30.3 Å². The topological polar surface area (TPSA) is 106 Å². The standard InChI is InChI=1S/C18H10Cl4N2O4/c19-9-5-11(23-17(9)21)14(26)4-1-7-13(25)3-2-8(15(7)27)16(28)12-6-10(20)18(22)24-12/h1-6,23-25,27H/b4-1+. The Kier molecular flexibility index (Phi) is 5.76. The number of benzene rings is 1. The Morgan fingerprint density at radius 2 is 1.46 bits per heavy atom. The summed E-state index contributed by atoms with van der Waals surface area (Å²) < 4.78 is 0. The van der Waals surface area contributed by atoms with Crippen LogP contribution in [0.3, 0.4) is 0 Å². The Labute approximate surface area is 178 Å². The molecule has 3 aromatic rings. The van der Waals surface area contributed by atoms with Gasteiger partial charge in [-0.3, -0.25) is 9.59 Å². The summed E-state index contributed by atoms with van der Waals surface area (Å²) >= 11 is 23.2. The number of aromatic nitrogens is 2. The van der Waals surface area contributed by atoms with Crippen molar-refractivity contribution in [2.75, 3.05) is 0 Å². The number of allylic oxidation sites excluding steroid dienone is 1. The van der Waals surface area contributed by atoms with E-state index in [4.69, 9.17) is 46.4 Å². The molecule has 28 heavy (non-hydrogen) atoms. The van der Waals surface area contributed by atoms with Crippen molar-refractivity contribution >= 4 is 64.0 Å². The van der Waals surface area contributed by atoms with Gasteiger partial charge in [0, 0.05) is 0 Å². The number of phenols is 2. The normalized spacial score (nSPS) is 11.3. The Balaban J connectivity index is 1.94. The van der Waals surface area contributed by atoms with Crippen molar-refractivity contribution in [3.63, 3.8) is 0 Å². The molecule has 144 valence electrons. The molecule has 0 aliphatic heterocycles. The number of hydrogen-bond acceptors (Lipinski definition) is 4. The second-order valence-electron chi connectivity index (χ2n) is 5.61. The third-order valence-electron chi connectivity index (χ3n) is 3.80. The number of aromatic amines is 2. The fourth-order valence-electron chi connectivity index (χ4n) is 2.40. The minimum atomic E-state index is -0.602. The van der Waals surface area contributed by atoms with Crippen LogP contribution in [0.1, 0.15) is 32.1 Å². The zero-order chi connectivity index (χ0) is 20.6. The monoisotopic (exact) mass is 458 g/mol. The molecule has 0 radical (unpaired) electrons. The highest BCUT2D eigenvalue weighted by Crippen LogP contribution is 2.34. The quantitative estimate of drug-likeness (QED) is 0.298. The molecule has 3 rings (SSSR count). The summed E-state index contributed by atoms with van der Waals surface area (Å²) in [7, 11) is 0. The highest BCUT2D eigenvalue weighted by molar-refractivity contribution is 6.42. The van der Waals surface area contributed by atoms with Crippen LogP contribution in [0, 0.1) is 0 Å². The van der Waals surface area contributed by atoms with Crippen molar-refractivity contribution in [1.29, 1.82) is 0 Å². The van der Waals surface area contributed by atoms with Gasteiger partial charge in [0.1, 0.15) is 21.8 Å². The van der Waals surface area contributed by atoms with E-state index in [0.717, 1.165) is 6.08 Å². The van der Waals surface area contributed by atoms with Gasteiger partial charge in [-0.15, -0.1) is 0 Å².